The fourth-order valence-electron chi connectivity index (χ4n) is 3.97. The lowest BCUT2D eigenvalue weighted by atomic mass is 10.1. The zero-order valence-electron chi connectivity index (χ0n) is 18.6. The smallest absolute Gasteiger partial charge is 0.137 e. The normalized spacial score (nSPS) is 11.0. The summed E-state index contributed by atoms with van der Waals surface area (Å²) in [5.74, 6) is 0.373. The van der Waals surface area contributed by atoms with Gasteiger partial charge in [0.2, 0.25) is 0 Å². The summed E-state index contributed by atoms with van der Waals surface area (Å²) in [6.45, 7) is 6.72. The van der Waals surface area contributed by atoms with Gasteiger partial charge in [-0.1, -0.05) is 12.1 Å². The summed E-state index contributed by atoms with van der Waals surface area (Å²) >= 11 is 0. The number of nitrogens with one attached hydrogen (secondary N) is 1. The number of halogens is 2. The molecule has 0 spiro atoms. The minimum Gasteiger partial charge on any atom is -0.381 e. The SMILES string of the molecule is Cc1cc(CCc2cc(F)cc(NCc3ccc(F)cc3)c2)nc(-n2c(C)ccc2C)c1. The second-order valence-electron chi connectivity index (χ2n) is 8.27. The van der Waals surface area contributed by atoms with Crippen LogP contribution in [0.4, 0.5) is 14.5 Å². The number of hydrogen-bond acceptors (Lipinski definition) is 2. The molecule has 4 aromatic rings. The van der Waals surface area contributed by atoms with Crippen molar-refractivity contribution in [1.29, 1.82) is 0 Å². The molecule has 32 heavy (non-hydrogen) atoms. The van der Waals surface area contributed by atoms with Crippen molar-refractivity contribution < 1.29 is 8.78 Å². The number of nitrogens with zero attached hydrogens (tertiary/aromatic N) is 2. The van der Waals surface area contributed by atoms with E-state index in [4.69, 9.17) is 4.98 Å². The maximum Gasteiger partial charge on any atom is 0.137 e. The monoisotopic (exact) mass is 431 g/mol. The van der Waals surface area contributed by atoms with Crippen molar-refractivity contribution in [3.8, 4) is 5.82 Å². The highest BCUT2D eigenvalue weighted by Gasteiger charge is 2.09. The van der Waals surface area contributed by atoms with Crippen LogP contribution in [0.1, 0.15) is 33.8 Å². The lowest BCUT2D eigenvalue weighted by molar-refractivity contribution is 0.625. The largest absolute Gasteiger partial charge is 0.381 e. The molecule has 0 fully saturated rings. The Labute approximate surface area is 187 Å². The summed E-state index contributed by atoms with van der Waals surface area (Å²) in [6.07, 6.45) is 1.40. The number of pyridine rings is 1. The molecule has 0 saturated heterocycles. The third kappa shape index (κ3) is 5.22. The zero-order valence-corrected chi connectivity index (χ0v) is 18.6. The van der Waals surface area contributed by atoms with Crippen molar-refractivity contribution in [3.63, 3.8) is 0 Å². The van der Waals surface area contributed by atoms with Gasteiger partial charge in [0.15, 0.2) is 0 Å². The van der Waals surface area contributed by atoms with E-state index in [-0.39, 0.29) is 11.6 Å². The summed E-state index contributed by atoms with van der Waals surface area (Å²) < 4.78 is 29.4. The molecular weight excluding hydrogens is 404 g/mol. The number of rotatable bonds is 7. The molecule has 3 nitrogen and oxygen atoms in total. The fraction of sp³-hybridized carbons (Fsp3) is 0.222. The van der Waals surface area contributed by atoms with Crippen molar-refractivity contribution >= 4 is 5.69 Å². The molecule has 0 bridgehead atoms. The van der Waals surface area contributed by atoms with Crippen LogP contribution in [0.2, 0.25) is 0 Å². The maximum absolute atomic E-state index is 14.2. The second kappa shape index (κ2) is 9.35. The first-order valence-corrected chi connectivity index (χ1v) is 10.8. The van der Waals surface area contributed by atoms with E-state index in [0.29, 0.717) is 18.7 Å². The summed E-state index contributed by atoms with van der Waals surface area (Å²) in [6, 6.07) is 19.7. The van der Waals surface area contributed by atoms with Gasteiger partial charge >= 0.3 is 0 Å². The van der Waals surface area contributed by atoms with Gasteiger partial charge in [0.25, 0.3) is 0 Å². The van der Waals surface area contributed by atoms with E-state index in [9.17, 15) is 8.78 Å². The second-order valence-corrected chi connectivity index (χ2v) is 8.27. The van der Waals surface area contributed by atoms with Gasteiger partial charge < -0.3 is 9.88 Å². The van der Waals surface area contributed by atoms with Crippen molar-refractivity contribution in [2.75, 3.05) is 5.32 Å². The van der Waals surface area contributed by atoms with Gasteiger partial charge in [-0.2, -0.15) is 0 Å². The number of anilines is 1. The van der Waals surface area contributed by atoms with E-state index in [2.05, 4.69) is 54.9 Å². The van der Waals surface area contributed by atoms with Crippen LogP contribution in [-0.2, 0) is 19.4 Å². The molecule has 2 aromatic heterocycles. The lowest BCUT2D eigenvalue weighted by Crippen LogP contribution is -2.06. The van der Waals surface area contributed by atoms with Crippen LogP contribution in [0, 0.1) is 32.4 Å². The Balaban J connectivity index is 1.47. The maximum atomic E-state index is 14.2. The molecule has 2 heterocycles. The Morgan fingerprint density at radius 2 is 1.47 bits per heavy atom. The van der Waals surface area contributed by atoms with E-state index in [1.54, 1.807) is 18.2 Å². The van der Waals surface area contributed by atoms with E-state index in [1.165, 1.54) is 18.2 Å². The molecule has 0 aliphatic carbocycles. The van der Waals surface area contributed by atoms with E-state index < -0.39 is 0 Å². The molecule has 164 valence electrons. The highest BCUT2D eigenvalue weighted by Crippen LogP contribution is 2.20. The molecule has 0 atom stereocenters. The van der Waals surface area contributed by atoms with E-state index >= 15 is 0 Å². The van der Waals surface area contributed by atoms with Gasteiger partial charge in [-0.15, -0.1) is 0 Å². The first-order valence-electron chi connectivity index (χ1n) is 10.8. The molecule has 2 aromatic carbocycles. The van der Waals surface area contributed by atoms with E-state index in [0.717, 1.165) is 46.0 Å². The molecular formula is C27H27F2N3. The minimum absolute atomic E-state index is 0.267. The topological polar surface area (TPSA) is 29.9 Å². The molecule has 1 N–H and O–H groups in total. The standard InChI is InChI=1S/C27H27F2N3/c1-18-12-25(31-27(13-18)32-19(2)4-5-20(32)3)11-8-22-14-24(29)16-26(15-22)30-17-21-6-9-23(28)10-7-21/h4-7,9-10,12-16,30H,8,11,17H2,1-3H3. The molecule has 4 rings (SSSR count). The van der Waals surface area contributed by atoms with Crippen molar-refractivity contribution in [2.45, 2.75) is 40.2 Å². The quantitative estimate of drug-likeness (QED) is 0.363. The fourth-order valence-corrected chi connectivity index (χ4v) is 3.97. The highest BCUT2D eigenvalue weighted by molar-refractivity contribution is 5.47. The summed E-state index contributed by atoms with van der Waals surface area (Å²) in [7, 11) is 0. The molecule has 0 saturated carbocycles. The number of aryl methyl sites for hydroxylation is 5. The number of aromatic nitrogens is 2. The Morgan fingerprint density at radius 1 is 0.750 bits per heavy atom. The Morgan fingerprint density at radius 3 is 2.19 bits per heavy atom. The first kappa shape index (κ1) is 21.8. The highest BCUT2D eigenvalue weighted by atomic mass is 19.1. The predicted octanol–water partition coefficient (Wildman–Crippen LogP) is 6.47. The van der Waals surface area contributed by atoms with Crippen LogP contribution in [-0.4, -0.2) is 9.55 Å². The van der Waals surface area contributed by atoms with Gasteiger partial charge in [-0.05, 0) is 105 Å². The van der Waals surface area contributed by atoms with Crippen LogP contribution >= 0.6 is 0 Å². The first-order chi connectivity index (χ1) is 15.4. The van der Waals surface area contributed by atoms with Gasteiger partial charge in [-0.3, -0.25) is 0 Å². The van der Waals surface area contributed by atoms with Crippen LogP contribution in [0.5, 0.6) is 0 Å². The van der Waals surface area contributed by atoms with Crippen molar-refractivity contribution in [1.82, 2.24) is 9.55 Å². The molecule has 0 radical (unpaired) electrons. The average Bonchev–Trinajstić information content (AvgIpc) is 3.09. The van der Waals surface area contributed by atoms with E-state index in [1.807, 2.05) is 6.07 Å². The van der Waals surface area contributed by atoms with Crippen molar-refractivity contribution in [3.05, 3.63) is 112 Å². The average molecular weight is 432 g/mol. The van der Waals surface area contributed by atoms with Gasteiger partial charge in [-0.25, -0.2) is 13.8 Å². The Bertz CT molecular complexity index is 1210. The van der Waals surface area contributed by atoms with Crippen LogP contribution in [0.15, 0.2) is 66.7 Å². The summed E-state index contributed by atoms with van der Waals surface area (Å²) in [5.41, 5.74) is 6.98. The summed E-state index contributed by atoms with van der Waals surface area (Å²) in [5, 5.41) is 3.23. The zero-order chi connectivity index (χ0) is 22.7. The Kier molecular flexibility index (Phi) is 6.35. The molecule has 0 unspecified atom stereocenters. The Hall–Kier alpha value is -3.47. The van der Waals surface area contributed by atoms with Gasteiger partial charge in [0.1, 0.15) is 17.5 Å². The van der Waals surface area contributed by atoms with Crippen LogP contribution < -0.4 is 5.32 Å². The summed E-state index contributed by atoms with van der Waals surface area (Å²) in [4.78, 5) is 4.86. The van der Waals surface area contributed by atoms with Gasteiger partial charge in [0, 0.05) is 29.3 Å². The van der Waals surface area contributed by atoms with Crippen LogP contribution in [0.3, 0.4) is 0 Å². The van der Waals surface area contributed by atoms with Gasteiger partial charge in [0.05, 0.1) is 0 Å². The predicted molar refractivity (Wildman–Crippen MR) is 125 cm³/mol. The number of hydrogen-bond donors (Lipinski definition) is 1. The van der Waals surface area contributed by atoms with Crippen molar-refractivity contribution in [2.24, 2.45) is 0 Å². The third-order valence-corrected chi connectivity index (χ3v) is 5.55. The van der Waals surface area contributed by atoms with Crippen LogP contribution in [0.25, 0.3) is 5.82 Å². The minimum atomic E-state index is -0.277. The molecule has 0 aliphatic heterocycles. The molecule has 0 aliphatic rings. The molecule has 0 amide bonds. The lowest BCUT2D eigenvalue weighted by Gasteiger charge is -2.12. The molecule has 5 heteroatoms. The number of benzene rings is 2. The third-order valence-electron chi connectivity index (χ3n) is 5.55.